The molecule has 144 valence electrons. The number of hydrogen-bond acceptors (Lipinski definition) is 3. The molecule has 2 N–H and O–H groups in total. The summed E-state index contributed by atoms with van der Waals surface area (Å²) >= 11 is 6.06. The molecule has 1 fully saturated rings. The summed E-state index contributed by atoms with van der Waals surface area (Å²) < 4.78 is 0. The summed E-state index contributed by atoms with van der Waals surface area (Å²) in [5.74, 6) is 1.06. The number of carbonyl (C=O) groups excluding carboxylic acids is 1. The Morgan fingerprint density at radius 3 is 2.64 bits per heavy atom. The summed E-state index contributed by atoms with van der Waals surface area (Å²) in [7, 11) is 0. The molecule has 0 unspecified atom stereocenters. The van der Waals surface area contributed by atoms with Gasteiger partial charge in [-0.3, -0.25) is 4.79 Å². The third-order valence-electron chi connectivity index (χ3n) is 5.36. The van der Waals surface area contributed by atoms with E-state index >= 15 is 0 Å². The molecule has 1 saturated carbocycles. The van der Waals surface area contributed by atoms with Crippen LogP contribution in [-0.2, 0) is 4.79 Å². The van der Waals surface area contributed by atoms with Crippen LogP contribution in [0.15, 0.2) is 48.5 Å². The van der Waals surface area contributed by atoms with E-state index in [4.69, 9.17) is 16.6 Å². The van der Waals surface area contributed by atoms with Crippen LogP contribution in [0.1, 0.15) is 37.7 Å². The minimum atomic E-state index is 0.143. The van der Waals surface area contributed by atoms with Gasteiger partial charge >= 0.3 is 0 Å². The molecule has 1 aromatic heterocycles. The maximum absolute atomic E-state index is 12.5. The number of rotatable bonds is 4. The number of pyridine rings is 1. The molecule has 4 rings (SSSR count). The minimum Gasteiger partial charge on any atom is -0.340 e. The van der Waals surface area contributed by atoms with Gasteiger partial charge in [-0.15, -0.1) is 0 Å². The highest BCUT2D eigenvalue weighted by atomic mass is 35.5. The number of carbonyl (C=O) groups is 1. The Morgan fingerprint density at radius 2 is 1.86 bits per heavy atom. The zero-order valence-corrected chi connectivity index (χ0v) is 16.7. The number of aryl methyl sites for hydroxylation is 1. The zero-order valence-electron chi connectivity index (χ0n) is 16.0. The van der Waals surface area contributed by atoms with Crippen LogP contribution in [0, 0.1) is 12.8 Å². The fourth-order valence-electron chi connectivity index (χ4n) is 3.86. The van der Waals surface area contributed by atoms with E-state index in [1.165, 1.54) is 6.42 Å². The predicted molar refractivity (Wildman–Crippen MR) is 116 cm³/mol. The predicted octanol–water partition coefficient (Wildman–Crippen LogP) is 6.46. The lowest BCUT2D eigenvalue weighted by Gasteiger charge is -2.21. The van der Waals surface area contributed by atoms with Crippen molar-refractivity contribution in [1.82, 2.24) is 4.98 Å². The van der Waals surface area contributed by atoms with Crippen molar-refractivity contribution >= 4 is 45.6 Å². The highest BCUT2D eigenvalue weighted by Gasteiger charge is 2.21. The summed E-state index contributed by atoms with van der Waals surface area (Å²) in [6.45, 7) is 2.06. The van der Waals surface area contributed by atoms with E-state index in [0.29, 0.717) is 5.02 Å². The summed E-state index contributed by atoms with van der Waals surface area (Å²) in [6.07, 6.45) is 5.55. The van der Waals surface area contributed by atoms with E-state index in [1.54, 1.807) is 0 Å². The number of benzene rings is 2. The van der Waals surface area contributed by atoms with Gasteiger partial charge in [0.2, 0.25) is 5.91 Å². The number of nitrogens with zero attached hydrogens (tertiary/aromatic N) is 1. The number of nitrogens with one attached hydrogen (secondary N) is 2. The van der Waals surface area contributed by atoms with Gasteiger partial charge in [-0.1, -0.05) is 36.9 Å². The molecule has 0 spiro atoms. The largest absolute Gasteiger partial charge is 0.340 e. The first-order valence-corrected chi connectivity index (χ1v) is 10.2. The highest BCUT2D eigenvalue weighted by molar-refractivity contribution is 6.30. The van der Waals surface area contributed by atoms with Crippen molar-refractivity contribution in [2.75, 3.05) is 10.6 Å². The van der Waals surface area contributed by atoms with Crippen LogP contribution in [0.3, 0.4) is 0 Å². The van der Waals surface area contributed by atoms with Gasteiger partial charge in [0.1, 0.15) is 5.82 Å². The summed E-state index contributed by atoms with van der Waals surface area (Å²) in [4.78, 5) is 17.2. The van der Waals surface area contributed by atoms with Crippen molar-refractivity contribution in [1.29, 1.82) is 0 Å². The highest BCUT2D eigenvalue weighted by Crippen LogP contribution is 2.28. The SMILES string of the molecule is Cc1cc(Nc2cccc(Cl)c2)nc2ccc(NC(=O)C3CCCCC3)cc12. The van der Waals surface area contributed by atoms with Crippen molar-refractivity contribution in [2.45, 2.75) is 39.0 Å². The third-order valence-corrected chi connectivity index (χ3v) is 5.59. The molecule has 1 heterocycles. The number of fused-ring (bicyclic) bond motifs is 1. The molecule has 4 nitrogen and oxygen atoms in total. The molecule has 0 bridgehead atoms. The van der Waals surface area contributed by atoms with Crippen LogP contribution in [0.25, 0.3) is 10.9 Å². The average Bonchev–Trinajstić information content (AvgIpc) is 2.69. The molecule has 1 amide bonds. The summed E-state index contributed by atoms with van der Waals surface area (Å²) in [6, 6.07) is 15.5. The molecular formula is C23H24ClN3O. The second-order valence-corrected chi connectivity index (χ2v) is 7.95. The van der Waals surface area contributed by atoms with Crippen molar-refractivity contribution in [2.24, 2.45) is 5.92 Å². The molecule has 1 aliphatic rings. The monoisotopic (exact) mass is 393 g/mol. The van der Waals surface area contributed by atoms with Crippen molar-refractivity contribution in [3.8, 4) is 0 Å². The summed E-state index contributed by atoms with van der Waals surface area (Å²) in [5, 5.41) is 8.12. The first-order valence-electron chi connectivity index (χ1n) is 9.83. The average molecular weight is 394 g/mol. The third kappa shape index (κ3) is 4.28. The van der Waals surface area contributed by atoms with E-state index < -0.39 is 0 Å². The lowest BCUT2D eigenvalue weighted by atomic mass is 9.88. The molecule has 3 aromatic rings. The van der Waals surface area contributed by atoms with Gasteiger partial charge in [0.15, 0.2) is 0 Å². The second kappa shape index (κ2) is 8.19. The number of aromatic nitrogens is 1. The van der Waals surface area contributed by atoms with E-state index in [9.17, 15) is 4.79 Å². The minimum absolute atomic E-state index is 0.143. The van der Waals surface area contributed by atoms with Gasteiger partial charge in [0.25, 0.3) is 0 Å². The Morgan fingerprint density at radius 1 is 1.04 bits per heavy atom. The molecule has 0 aliphatic heterocycles. The lowest BCUT2D eigenvalue weighted by molar-refractivity contribution is -0.120. The van der Waals surface area contributed by atoms with E-state index in [1.807, 2.05) is 48.5 Å². The second-order valence-electron chi connectivity index (χ2n) is 7.52. The Labute approximate surface area is 170 Å². The first-order chi connectivity index (χ1) is 13.6. The lowest BCUT2D eigenvalue weighted by Crippen LogP contribution is -2.24. The van der Waals surface area contributed by atoms with Crippen molar-refractivity contribution in [3.05, 3.63) is 59.1 Å². The number of anilines is 3. The standard InChI is InChI=1S/C23H24ClN3O/c1-15-12-22(25-18-9-5-8-17(24)13-18)27-21-11-10-19(14-20(15)21)26-23(28)16-6-3-2-4-7-16/h5,8-14,16H,2-4,6-7H2,1H3,(H,25,27)(H,26,28). The van der Waals surface area contributed by atoms with Crippen LogP contribution in [0.4, 0.5) is 17.2 Å². The van der Waals surface area contributed by atoms with Gasteiger partial charge in [0, 0.05) is 27.7 Å². The normalized spacial score (nSPS) is 14.8. The van der Waals surface area contributed by atoms with Crippen LogP contribution < -0.4 is 10.6 Å². The van der Waals surface area contributed by atoms with Gasteiger partial charge in [-0.05, 0) is 67.8 Å². The van der Waals surface area contributed by atoms with Gasteiger partial charge in [-0.2, -0.15) is 0 Å². The van der Waals surface area contributed by atoms with Crippen LogP contribution in [0.5, 0.6) is 0 Å². The van der Waals surface area contributed by atoms with Crippen molar-refractivity contribution in [3.63, 3.8) is 0 Å². The number of halogens is 1. The first kappa shape index (κ1) is 18.8. The van der Waals surface area contributed by atoms with Crippen LogP contribution in [0.2, 0.25) is 5.02 Å². The Bertz CT molecular complexity index is 1010. The Balaban J connectivity index is 1.55. The van der Waals surface area contributed by atoms with Gasteiger partial charge in [-0.25, -0.2) is 4.98 Å². The van der Waals surface area contributed by atoms with E-state index in [2.05, 4.69) is 17.6 Å². The fraction of sp³-hybridized carbons (Fsp3) is 0.304. The maximum atomic E-state index is 12.5. The van der Waals surface area contributed by atoms with Gasteiger partial charge in [0.05, 0.1) is 5.52 Å². The molecular weight excluding hydrogens is 370 g/mol. The topological polar surface area (TPSA) is 54.0 Å². The molecule has 0 saturated heterocycles. The zero-order chi connectivity index (χ0) is 19.5. The molecule has 5 heteroatoms. The molecule has 2 aromatic carbocycles. The number of hydrogen-bond donors (Lipinski definition) is 2. The smallest absolute Gasteiger partial charge is 0.227 e. The quantitative estimate of drug-likeness (QED) is 0.534. The molecule has 0 atom stereocenters. The van der Waals surface area contributed by atoms with E-state index in [0.717, 1.165) is 59.3 Å². The number of amides is 1. The van der Waals surface area contributed by atoms with Crippen LogP contribution in [-0.4, -0.2) is 10.9 Å². The van der Waals surface area contributed by atoms with Gasteiger partial charge < -0.3 is 10.6 Å². The maximum Gasteiger partial charge on any atom is 0.227 e. The fourth-order valence-corrected chi connectivity index (χ4v) is 4.05. The Hall–Kier alpha value is -2.59. The van der Waals surface area contributed by atoms with E-state index in [-0.39, 0.29) is 11.8 Å². The van der Waals surface area contributed by atoms with Crippen LogP contribution >= 0.6 is 11.6 Å². The van der Waals surface area contributed by atoms with Crippen molar-refractivity contribution < 1.29 is 4.79 Å². The Kier molecular flexibility index (Phi) is 5.49. The summed E-state index contributed by atoms with van der Waals surface area (Å²) in [5.41, 5.74) is 3.72. The molecule has 0 radical (unpaired) electrons. The molecule has 1 aliphatic carbocycles. The molecule has 28 heavy (non-hydrogen) atoms.